The predicted molar refractivity (Wildman–Crippen MR) is 131 cm³/mol. The third-order valence-corrected chi connectivity index (χ3v) is 5.83. The summed E-state index contributed by atoms with van der Waals surface area (Å²) in [7, 11) is 1.57. The minimum Gasteiger partial charge on any atom is -0.493 e. The molecule has 9 heteroatoms. The van der Waals surface area contributed by atoms with Crippen molar-refractivity contribution in [3.05, 3.63) is 86.4 Å². The van der Waals surface area contributed by atoms with Crippen LogP contribution in [0.25, 0.3) is 10.9 Å². The van der Waals surface area contributed by atoms with Gasteiger partial charge in [-0.05, 0) is 55.0 Å². The van der Waals surface area contributed by atoms with Gasteiger partial charge in [0.15, 0.2) is 23.0 Å². The van der Waals surface area contributed by atoms with Crippen LogP contribution >= 0.6 is 15.9 Å². The van der Waals surface area contributed by atoms with Crippen molar-refractivity contribution >= 4 is 33.0 Å². The van der Waals surface area contributed by atoms with E-state index in [-0.39, 0.29) is 19.0 Å². The number of hydrogen-bond acceptors (Lipinski definition) is 7. The van der Waals surface area contributed by atoms with Crippen molar-refractivity contribution in [1.82, 2.24) is 9.66 Å². The summed E-state index contributed by atoms with van der Waals surface area (Å²) in [4.78, 5) is 17.5. The quantitative estimate of drug-likeness (QED) is 0.343. The van der Waals surface area contributed by atoms with Crippen LogP contribution in [-0.4, -0.2) is 29.8 Å². The molecule has 1 aromatic heterocycles. The van der Waals surface area contributed by atoms with Gasteiger partial charge in [0.2, 0.25) is 6.79 Å². The molecule has 2 heterocycles. The molecule has 0 radical (unpaired) electrons. The molecule has 0 bridgehead atoms. The highest BCUT2D eigenvalue weighted by Crippen LogP contribution is 2.34. The number of benzene rings is 3. The predicted octanol–water partition coefficient (Wildman–Crippen LogP) is 4.67. The number of rotatable bonds is 6. The highest BCUT2D eigenvalue weighted by molar-refractivity contribution is 9.10. The Balaban J connectivity index is 1.47. The molecule has 172 valence electrons. The van der Waals surface area contributed by atoms with Crippen molar-refractivity contribution in [2.75, 3.05) is 13.9 Å². The summed E-state index contributed by atoms with van der Waals surface area (Å²) in [5, 5.41) is 4.90. The van der Waals surface area contributed by atoms with E-state index in [2.05, 4.69) is 26.0 Å². The van der Waals surface area contributed by atoms with Crippen LogP contribution in [0.4, 0.5) is 0 Å². The molecule has 0 saturated carbocycles. The molecule has 5 rings (SSSR count). The first-order chi connectivity index (χ1) is 16.5. The summed E-state index contributed by atoms with van der Waals surface area (Å²) < 4.78 is 24.5. The zero-order valence-electron chi connectivity index (χ0n) is 18.4. The fourth-order valence-corrected chi connectivity index (χ4v) is 4.01. The molecule has 0 aliphatic carbocycles. The van der Waals surface area contributed by atoms with E-state index in [0.29, 0.717) is 45.3 Å². The van der Waals surface area contributed by atoms with E-state index in [1.54, 1.807) is 38.4 Å². The molecule has 1 aliphatic heterocycles. The Labute approximate surface area is 203 Å². The Morgan fingerprint density at radius 2 is 2.00 bits per heavy atom. The smallest absolute Gasteiger partial charge is 0.282 e. The van der Waals surface area contributed by atoms with E-state index in [9.17, 15) is 4.79 Å². The van der Waals surface area contributed by atoms with Gasteiger partial charge in [0.25, 0.3) is 5.56 Å². The molecular formula is C25H20BrN3O5. The molecule has 0 spiro atoms. The SMILES string of the molecule is COc1cccc(C=Nn2c(C)nc3ccc(Br)cc3c2=O)c1OCc1ccc2c(c1)OCO2. The molecule has 4 aromatic rings. The third-order valence-electron chi connectivity index (χ3n) is 5.33. The van der Waals surface area contributed by atoms with Gasteiger partial charge in [0, 0.05) is 10.0 Å². The van der Waals surface area contributed by atoms with Crippen LogP contribution < -0.4 is 24.5 Å². The highest BCUT2D eigenvalue weighted by atomic mass is 79.9. The van der Waals surface area contributed by atoms with E-state index in [4.69, 9.17) is 18.9 Å². The average molecular weight is 522 g/mol. The van der Waals surface area contributed by atoms with Gasteiger partial charge in [-0.1, -0.05) is 28.1 Å². The number of ether oxygens (including phenoxy) is 4. The van der Waals surface area contributed by atoms with E-state index in [1.807, 2.05) is 36.4 Å². The van der Waals surface area contributed by atoms with Gasteiger partial charge in [0.1, 0.15) is 12.4 Å². The van der Waals surface area contributed by atoms with Gasteiger partial charge in [-0.2, -0.15) is 9.78 Å². The molecule has 1 aliphatic rings. The van der Waals surface area contributed by atoms with Gasteiger partial charge in [0.05, 0.1) is 24.2 Å². The molecule has 0 saturated heterocycles. The van der Waals surface area contributed by atoms with Crippen molar-refractivity contribution in [1.29, 1.82) is 0 Å². The van der Waals surface area contributed by atoms with E-state index in [1.165, 1.54) is 4.68 Å². The van der Waals surface area contributed by atoms with Crippen LogP contribution in [0.3, 0.4) is 0 Å². The summed E-state index contributed by atoms with van der Waals surface area (Å²) in [6.45, 7) is 2.23. The van der Waals surface area contributed by atoms with Gasteiger partial charge in [-0.25, -0.2) is 4.98 Å². The summed E-state index contributed by atoms with van der Waals surface area (Å²) in [5.74, 6) is 2.93. The molecule has 0 N–H and O–H groups in total. The molecular weight excluding hydrogens is 502 g/mol. The van der Waals surface area contributed by atoms with Crippen molar-refractivity contribution < 1.29 is 18.9 Å². The van der Waals surface area contributed by atoms with Crippen LogP contribution in [0.2, 0.25) is 0 Å². The summed E-state index contributed by atoms with van der Waals surface area (Å²) in [6.07, 6.45) is 1.57. The maximum absolute atomic E-state index is 13.0. The normalized spacial score (nSPS) is 12.4. The number of hydrogen-bond donors (Lipinski definition) is 0. The van der Waals surface area contributed by atoms with Crippen LogP contribution in [0, 0.1) is 6.92 Å². The molecule has 0 amide bonds. The fraction of sp³-hybridized carbons (Fsp3) is 0.160. The number of halogens is 1. The zero-order valence-corrected chi connectivity index (χ0v) is 20.0. The first-order valence-corrected chi connectivity index (χ1v) is 11.2. The Bertz CT molecular complexity index is 1480. The van der Waals surface area contributed by atoms with Gasteiger partial charge in [-0.15, -0.1) is 0 Å². The first-order valence-electron chi connectivity index (χ1n) is 10.4. The largest absolute Gasteiger partial charge is 0.493 e. The number of para-hydroxylation sites is 1. The lowest BCUT2D eigenvalue weighted by molar-refractivity contribution is 0.174. The Kier molecular flexibility index (Phi) is 5.93. The minimum atomic E-state index is -0.259. The summed E-state index contributed by atoms with van der Waals surface area (Å²) >= 11 is 3.40. The van der Waals surface area contributed by atoms with Gasteiger partial charge >= 0.3 is 0 Å². The van der Waals surface area contributed by atoms with Crippen LogP contribution in [0.5, 0.6) is 23.0 Å². The summed E-state index contributed by atoms with van der Waals surface area (Å²) in [5.41, 5.74) is 1.92. The molecule has 8 nitrogen and oxygen atoms in total. The van der Waals surface area contributed by atoms with Crippen molar-refractivity contribution in [2.45, 2.75) is 13.5 Å². The van der Waals surface area contributed by atoms with Crippen LogP contribution in [0.15, 0.2) is 69.0 Å². The van der Waals surface area contributed by atoms with E-state index >= 15 is 0 Å². The number of methoxy groups -OCH3 is 1. The fourth-order valence-electron chi connectivity index (χ4n) is 3.65. The van der Waals surface area contributed by atoms with Crippen LogP contribution in [0.1, 0.15) is 17.0 Å². The molecule has 0 unspecified atom stereocenters. The van der Waals surface area contributed by atoms with Gasteiger partial charge < -0.3 is 18.9 Å². The summed E-state index contributed by atoms with van der Waals surface area (Å²) in [6, 6.07) is 16.5. The Morgan fingerprint density at radius 3 is 2.85 bits per heavy atom. The zero-order chi connectivity index (χ0) is 23.7. The van der Waals surface area contributed by atoms with Crippen LogP contribution in [-0.2, 0) is 6.61 Å². The Hall–Kier alpha value is -3.85. The highest BCUT2D eigenvalue weighted by Gasteiger charge is 2.15. The minimum absolute atomic E-state index is 0.214. The maximum atomic E-state index is 13.0. The average Bonchev–Trinajstić information content (AvgIpc) is 3.31. The number of aryl methyl sites for hydroxylation is 1. The second-order valence-electron chi connectivity index (χ2n) is 7.54. The van der Waals surface area contributed by atoms with Crippen molar-refractivity contribution in [2.24, 2.45) is 5.10 Å². The number of nitrogens with zero attached hydrogens (tertiary/aromatic N) is 3. The molecule has 34 heavy (non-hydrogen) atoms. The van der Waals surface area contributed by atoms with E-state index in [0.717, 1.165) is 10.0 Å². The number of fused-ring (bicyclic) bond motifs is 2. The lowest BCUT2D eigenvalue weighted by atomic mass is 10.2. The molecule has 3 aromatic carbocycles. The van der Waals surface area contributed by atoms with Crippen molar-refractivity contribution in [3.63, 3.8) is 0 Å². The second-order valence-corrected chi connectivity index (χ2v) is 8.45. The van der Waals surface area contributed by atoms with Crippen molar-refractivity contribution in [3.8, 4) is 23.0 Å². The molecule has 0 atom stereocenters. The maximum Gasteiger partial charge on any atom is 0.282 e. The third kappa shape index (κ3) is 4.22. The van der Waals surface area contributed by atoms with Gasteiger partial charge in [-0.3, -0.25) is 4.79 Å². The lowest BCUT2D eigenvalue weighted by Crippen LogP contribution is -2.20. The lowest BCUT2D eigenvalue weighted by Gasteiger charge is -2.13. The second kappa shape index (κ2) is 9.18. The first kappa shape index (κ1) is 22.0. The topological polar surface area (TPSA) is 84.2 Å². The molecule has 0 fully saturated rings. The van der Waals surface area contributed by atoms with E-state index < -0.39 is 0 Å². The Morgan fingerprint density at radius 1 is 1.15 bits per heavy atom. The standard InChI is InChI=1S/C25H20BrN3O5/c1-15-28-20-8-7-18(26)11-19(20)25(30)29(15)27-12-17-4-3-5-22(31-2)24(17)32-13-16-6-9-21-23(10-16)34-14-33-21/h3-12H,13-14H2,1-2H3. The monoisotopic (exact) mass is 521 g/mol. The number of aromatic nitrogens is 2.